The van der Waals surface area contributed by atoms with Gasteiger partial charge in [0.1, 0.15) is 0 Å². The fourth-order valence-corrected chi connectivity index (χ4v) is 1.67. The van der Waals surface area contributed by atoms with Gasteiger partial charge in [-0.1, -0.05) is 0 Å². The van der Waals surface area contributed by atoms with Crippen LogP contribution in [0, 0.1) is 4.77 Å². The summed E-state index contributed by atoms with van der Waals surface area (Å²) in [6.45, 7) is 2.94. The molecule has 0 aliphatic carbocycles. The van der Waals surface area contributed by atoms with E-state index in [2.05, 4.69) is 22.0 Å². The summed E-state index contributed by atoms with van der Waals surface area (Å²) in [6.07, 6.45) is 0. The van der Waals surface area contributed by atoms with Crippen molar-refractivity contribution >= 4 is 18.2 Å². The Bertz CT molecular complexity index is 326. The minimum Gasteiger partial charge on any atom is -0.368 e. The zero-order valence-corrected chi connectivity index (χ0v) is 8.93. The van der Waals surface area contributed by atoms with Gasteiger partial charge in [0, 0.05) is 12.6 Å². The standard InChI is InChI=1S/C7H15N5S/c1-5(4-11(2)3)12-6(8)9-10-7(12)13/h5H,4H2,1-3H3,(H2,8,9)(H,10,13). The van der Waals surface area contributed by atoms with Crippen molar-refractivity contribution in [1.82, 2.24) is 19.7 Å². The van der Waals surface area contributed by atoms with E-state index in [1.165, 1.54) is 0 Å². The first kappa shape index (κ1) is 10.2. The molecule has 0 bridgehead atoms. The van der Waals surface area contributed by atoms with E-state index in [4.69, 9.17) is 18.0 Å². The Morgan fingerprint density at radius 2 is 2.31 bits per heavy atom. The first-order valence-electron chi connectivity index (χ1n) is 4.09. The fraction of sp³-hybridized carbons (Fsp3) is 0.714. The number of hydrogen-bond donors (Lipinski definition) is 2. The summed E-state index contributed by atoms with van der Waals surface area (Å²) >= 11 is 5.05. The number of hydrogen-bond acceptors (Lipinski definition) is 4. The number of anilines is 1. The van der Waals surface area contributed by atoms with Gasteiger partial charge in [-0.2, -0.15) is 0 Å². The maximum absolute atomic E-state index is 5.65. The monoisotopic (exact) mass is 201 g/mol. The van der Waals surface area contributed by atoms with E-state index in [1.807, 2.05) is 18.7 Å². The Kier molecular flexibility index (Phi) is 3.05. The Labute approximate surface area is 82.5 Å². The van der Waals surface area contributed by atoms with Crippen LogP contribution >= 0.6 is 12.2 Å². The molecule has 1 heterocycles. The Hall–Kier alpha value is -0.880. The maximum atomic E-state index is 5.65. The Morgan fingerprint density at radius 3 is 2.69 bits per heavy atom. The minimum atomic E-state index is 0.237. The molecule has 74 valence electrons. The van der Waals surface area contributed by atoms with Crippen molar-refractivity contribution in [1.29, 1.82) is 0 Å². The normalized spacial score (nSPS) is 13.5. The zero-order valence-electron chi connectivity index (χ0n) is 8.11. The van der Waals surface area contributed by atoms with Crippen LogP contribution in [0.4, 0.5) is 5.95 Å². The van der Waals surface area contributed by atoms with Crippen LogP contribution in [0.1, 0.15) is 13.0 Å². The second kappa shape index (κ2) is 3.89. The average molecular weight is 201 g/mol. The number of H-pyrrole nitrogens is 1. The summed E-state index contributed by atoms with van der Waals surface area (Å²) in [4.78, 5) is 2.08. The van der Waals surface area contributed by atoms with E-state index in [-0.39, 0.29) is 6.04 Å². The molecule has 0 amide bonds. The van der Waals surface area contributed by atoms with Crippen molar-refractivity contribution in [3.05, 3.63) is 4.77 Å². The van der Waals surface area contributed by atoms with Crippen LogP contribution in [0.25, 0.3) is 0 Å². The summed E-state index contributed by atoms with van der Waals surface area (Å²) in [6, 6.07) is 0.237. The van der Waals surface area contributed by atoms with Gasteiger partial charge in [-0.15, -0.1) is 5.10 Å². The quantitative estimate of drug-likeness (QED) is 0.705. The van der Waals surface area contributed by atoms with Crippen molar-refractivity contribution in [2.75, 3.05) is 26.4 Å². The van der Waals surface area contributed by atoms with E-state index < -0.39 is 0 Å². The summed E-state index contributed by atoms with van der Waals surface area (Å²) in [5.41, 5.74) is 5.65. The molecule has 0 saturated heterocycles. The Balaban J connectivity index is 2.88. The van der Waals surface area contributed by atoms with Gasteiger partial charge < -0.3 is 10.6 Å². The predicted molar refractivity (Wildman–Crippen MR) is 55.1 cm³/mol. The Morgan fingerprint density at radius 1 is 1.69 bits per heavy atom. The molecule has 1 rings (SSSR count). The molecule has 1 aromatic heterocycles. The molecular weight excluding hydrogens is 186 g/mol. The molecule has 0 radical (unpaired) electrons. The smallest absolute Gasteiger partial charge is 0.220 e. The predicted octanol–water partition coefficient (Wildman–Crippen LogP) is 0.645. The lowest BCUT2D eigenvalue weighted by Gasteiger charge is -2.18. The highest BCUT2D eigenvalue weighted by Crippen LogP contribution is 2.11. The number of aromatic nitrogens is 3. The van der Waals surface area contributed by atoms with Crippen LogP contribution in [0.3, 0.4) is 0 Å². The molecular formula is C7H15N5S. The molecule has 0 fully saturated rings. The van der Waals surface area contributed by atoms with Gasteiger partial charge in [0.2, 0.25) is 5.95 Å². The molecule has 13 heavy (non-hydrogen) atoms. The largest absolute Gasteiger partial charge is 0.368 e. The molecule has 1 atom stereocenters. The third-order valence-corrected chi connectivity index (χ3v) is 2.09. The van der Waals surface area contributed by atoms with Crippen LogP contribution in [0.2, 0.25) is 0 Å². The molecule has 0 aromatic carbocycles. The molecule has 6 heteroatoms. The highest BCUT2D eigenvalue weighted by molar-refractivity contribution is 7.71. The molecule has 1 aromatic rings. The maximum Gasteiger partial charge on any atom is 0.220 e. The van der Waals surface area contributed by atoms with Gasteiger partial charge in [0.15, 0.2) is 4.77 Å². The van der Waals surface area contributed by atoms with Crippen LogP contribution in [-0.2, 0) is 0 Å². The number of likely N-dealkylation sites (N-methyl/N-ethyl adjacent to an activating group) is 1. The van der Waals surface area contributed by atoms with Crippen molar-refractivity contribution in [3.63, 3.8) is 0 Å². The fourth-order valence-electron chi connectivity index (χ4n) is 1.35. The van der Waals surface area contributed by atoms with Gasteiger partial charge in [0.25, 0.3) is 0 Å². The van der Waals surface area contributed by atoms with Crippen molar-refractivity contribution in [2.24, 2.45) is 0 Å². The van der Waals surface area contributed by atoms with E-state index in [9.17, 15) is 0 Å². The van der Waals surface area contributed by atoms with E-state index in [1.54, 1.807) is 0 Å². The van der Waals surface area contributed by atoms with E-state index >= 15 is 0 Å². The molecule has 0 spiro atoms. The van der Waals surface area contributed by atoms with Crippen LogP contribution in [0.5, 0.6) is 0 Å². The lowest BCUT2D eigenvalue weighted by Crippen LogP contribution is -2.23. The second-order valence-electron chi connectivity index (χ2n) is 3.37. The first-order valence-corrected chi connectivity index (χ1v) is 4.50. The zero-order chi connectivity index (χ0) is 10.0. The van der Waals surface area contributed by atoms with Crippen molar-refractivity contribution in [3.8, 4) is 0 Å². The van der Waals surface area contributed by atoms with E-state index in [0.29, 0.717) is 10.7 Å². The summed E-state index contributed by atoms with van der Waals surface area (Å²) in [5.74, 6) is 0.444. The number of nitrogen functional groups attached to an aromatic ring is 1. The van der Waals surface area contributed by atoms with Crippen LogP contribution < -0.4 is 5.73 Å². The van der Waals surface area contributed by atoms with Gasteiger partial charge in [-0.3, -0.25) is 4.57 Å². The van der Waals surface area contributed by atoms with Crippen LogP contribution in [0.15, 0.2) is 0 Å². The average Bonchev–Trinajstić information content (AvgIpc) is 2.29. The number of nitrogens with two attached hydrogens (primary N) is 1. The lowest BCUT2D eigenvalue weighted by atomic mass is 10.3. The van der Waals surface area contributed by atoms with Gasteiger partial charge >= 0.3 is 0 Å². The highest BCUT2D eigenvalue weighted by atomic mass is 32.1. The third-order valence-electron chi connectivity index (χ3n) is 1.80. The summed E-state index contributed by atoms with van der Waals surface area (Å²) < 4.78 is 2.39. The number of rotatable bonds is 3. The van der Waals surface area contributed by atoms with Crippen molar-refractivity contribution < 1.29 is 0 Å². The van der Waals surface area contributed by atoms with Crippen molar-refractivity contribution in [2.45, 2.75) is 13.0 Å². The molecule has 3 N–H and O–H groups in total. The number of aromatic amines is 1. The van der Waals surface area contributed by atoms with Gasteiger partial charge in [0.05, 0.1) is 0 Å². The molecule has 0 saturated carbocycles. The molecule has 0 aliphatic heterocycles. The molecule has 5 nitrogen and oxygen atoms in total. The second-order valence-corrected chi connectivity index (χ2v) is 3.75. The number of nitrogens with one attached hydrogen (secondary N) is 1. The first-order chi connectivity index (χ1) is 6.02. The molecule has 1 unspecified atom stereocenters. The topological polar surface area (TPSA) is 62.9 Å². The summed E-state index contributed by atoms with van der Waals surface area (Å²) in [7, 11) is 4.02. The lowest BCUT2D eigenvalue weighted by molar-refractivity contribution is 0.337. The van der Waals surface area contributed by atoms with Gasteiger partial charge in [-0.05, 0) is 33.2 Å². The third kappa shape index (κ3) is 2.28. The summed E-state index contributed by atoms with van der Waals surface area (Å²) in [5, 5.41) is 6.51. The molecule has 0 aliphatic rings. The van der Waals surface area contributed by atoms with Crippen LogP contribution in [-0.4, -0.2) is 40.3 Å². The van der Waals surface area contributed by atoms with E-state index in [0.717, 1.165) is 6.54 Å². The minimum absolute atomic E-state index is 0.237. The SMILES string of the molecule is CC(CN(C)C)n1c(N)n[nH]c1=S. The highest BCUT2D eigenvalue weighted by Gasteiger charge is 2.10. The van der Waals surface area contributed by atoms with Gasteiger partial charge in [-0.25, -0.2) is 5.10 Å². The number of nitrogens with zero attached hydrogens (tertiary/aromatic N) is 3.